The Labute approximate surface area is 83.8 Å². The maximum absolute atomic E-state index is 10.00. The van der Waals surface area contributed by atoms with E-state index in [9.17, 15) is 5.11 Å². The van der Waals surface area contributed by atoms with Crippen LogP contribution in [0.2, 0.25) is 0 Å². The van der Waals surface area contributed by atoms with E-state index in [-0.39, 0.29) is 0 Å². The first kappa shape index (κ1) is 9.28. The zero-order valence-corrected chi connectivity index (χ0v) is 8.23. The smallest absolute Gasteiger partial charge is 0.103 e. The van der Waals surface area contributed by atoms with E-state index in [4.69, 9.17) is 4.74 Å². The topological polar surface area (TPSA) is 29.5 Å². The second-order valence-electron chi connectivity index (χ2n) is 3.63. The molecule has 1 aliphatic heterocycles. The van der Waals surface area contributed by atoms with Gasteiger partial charge in [-0.05, 0) is 12.5 Å². The predicted molar refractivity (Wildman–Crippen MR) is 54.8 cm³/mol. The molecule has 0 amide bonds. The normalized spacial score (nSPS) is 17.4. The van der Waals surface area contributed by atoms with Crippen molar-refractivity contribution < 1.29 is 9.84 Å². The molecule has 1 aromatic rings. The largest absolute Gasteiger partial charge is 0.501 e. The van der Waals surface area contributed by atoms with E-state index in [2.05, 4.69) is 0 Å². The molecule has 74 valence electrons. The Kier molecular flexibility index (Phi) is 2.55. The molecular weight excluding hydrogens is 176 g/mol. The van der Waals surface area contributed by atoms with Crippen LogP contribution >= 0.6 is 0 Å². The van der Waals surface area contributed by atoms with Gasteiger partial charge in [0.25, 0.3) is 0 Å². The van der Waals surface area contributed by atoms with E-state index in [1.807, 2.05) is 31.2 Å². The Balaban J connectivity index is 2.22. The minimum absolute atomic E-state index is 0.502. The molecular formula is C12H14O2. The first-order valence-corrected chi connectivity index (χ1v) is 4.82. The fourth-order valence-electron chi connectivity index (χ4n) is 1.66. The number of aryl methyl sites for hydroxylation is 1. The molecule has 0 bridgehead atoms. The molecule has 1 unspecified atom stereocenters. The fourth-order valence-corrected chi connectivity index (χ4v) is 1.66. The average molecular weight is 190 g/mol. The summed E-state index contributed by atoms with van der Waals surface area (Å²) in [5.74, 6) is 0. The Bertz CT molecular complexity index is 355. The highest BCUT2D eigenvalue weighted by atomic mass is 16.5. The average Bonchev–Trinajstić information content (AvgIpc) is 2.69. The van der Waals surface area contributed by atoms with Crippen molar-refractivity contribution in [3.8, 4) is 0 Å². The SMILES string of the molecule is Cc1cccc(C(O)C2=COCC2)c1. The van der Waals surface area contributed by atoms with Crippen LogP contribution in [0.15, 0.2) is 36.1 Å². The van der Waals surface area contributed by atoms with Crippen LogP contribution in [0.25, 0.3) is 0 Å². The summed E-state index contributed by atoms with van der Waals surface area (Å²) in [6.45, 7) is 2.72. The first-order chi connectivity index (χ1) is 6.77. The highest BCUT2D eigenvalue weighted by Crippen LogP contribution is 2.27. The van der Waals surface area contributed by atoms with Crippen LogP contribution in [0.5, 0.6) is 0 Å². The van der Waals surface area contributed by atoms with E-state index in [0.29, 0.717) is 6.61 Å². The third kappa shape index (κ3) is 1.80. The van der Waals surface area contributed by atoms with Crippen LogP contribution in [0.1, 0.15) is 23.7 Å². The number of ether oxygens (including phenoxy) is 1. The van der Waals surface area contributed by atoms with Gasteiger partial charge in [0, 0.05) is 12.0 Å². The van der Waals surface area contributed by atoms with Crippen LogP contribution in [0, 0.1) is 6.92 Å². The van der Waals surface area contributed by atoms with Crippen molar-refractivity contribution in [3.05, 3.63) is 47.2 Å². The Morgan fingerprint density at radius 1 is 1.43 bits per heavy atom. The first-order valence-electron chi connectivity index (χ1n) is 4.82. The molecule has 2 heteroatoms. The van der Waals surface area contributed by atoms with Gasteiger partial charge in [0.15, 0.2) is 0 Å². The molecule has 1 atom stereocenters. The van der Waals surface area contributed by atoms with Gasteiger partial charge in [-0.1, -0.05) is 29.8 Å². The third-order valence-corrected chi connectivity index (χ3v) is 2.45. The maximum Gasteiger partial charge on any atom is 0.103 e. The van der Waals surface area contributed by atoms with E-state index >= 15 is 0 Å². The lowest BCUT2D eigenvalue weighted by Gasteiger charge is -2.11. The third-order valence-electron chi connectivity index (χ3n) is 2.45. The molecule has 1 aromatic carbocycles. The predicted octanol–water partition coefficient (Wildman–Crippen LogP) is 2.33. The van der Waals surface area contributed by atoms with Crippen LogP contribution in [0.4, 0.5) is 0 Å². The number of aliphatic hydroxyl groups excluding tert-OH is 1. The molecule has 1 N–H and O–H groups in total. The number of benzene rings is 1. The molecule has 0 saturated heterocycles. The minimum atomic E-state index is -0.502. The quantitative estimate of drug-likeness (QED) is 0.775. The van der Waals surface area contributed by atoms with Crippen molar-refractivity contribution in [3.63, 3.8) is 0 Å². The van der Waals surface area contributed by atoms with Crippen LogP contribution in [-0.4, -0.2) is 11.7 Å². The van der Waals surface area contributed by atoms with Crippen molar-refractivity contribution in [2.24, 2.45) is 0 Å². The van der Waals surface area contributed by atoms with Crippen LogP contribution in [0.3, 0.4) is 0 Å². The molecule has 0 fully saturated rings. The summed E-state index contributed by atoms with van der Waals surface area (Å²) >= 11 is 0. The van der Waals surface area contributed by atoms with E-state index in [1.165, 1.54) is 5.56 Å². The molecule has 2 rings (SSSR count). The van der Waals surface area contributed by atoms with Crippen molar-refractivity contribution in [1.82, 2.24) is 0 Å². The van der Waals surface area contributed by atoms with Crippen molar-refractivity contribution >= 4 is 0 Å². The number of hydrogen-bond donors (Lipinski definition) is 1. The number of rotatable bonds is 2. The van der Waals surface area contributed by atoms with Crippen molar-refractivity contribution in [2.75, 3.05) is 6.61 Å². The van der Waals surface area contributed by atoms with Gasteiger partial charge in [-0.3, -0.25) is 0 Å². The summed E-state index contributed by atoms with van der Waals surface area (Å²) in [5, 5.41) is 10.00. The summed E-state index contributed by atoms with van der Waals surface area (Å²) < 4.78 is 5.11. The Morgan fingerprint density at radius 2 is 2.29 bits per heavy atom. The number of hydrogen-bond acceptors (Lipinski definition) is 2. The van der Waals surface area contributed by atoms with Crippen LogP contribution < -0.4 is 0 Å². The summed E-state index contributed by atoms with van der Waals surface area (Å²) in [6.07, 6.45) is 2.00. The summed E-state index contributed by atoms with van der Waals surface area (Å²) in [5.41, 5.74) is 3.08. The Hall–Kier alpha value is -1.28. The minimum Gasteiger partial charge on any atom is -0.501 e. The van der Waals surface area contributed by atoms with E-state index in [1.54, 1.807) is 6.26 Å². The molecule has 0 radical (unpaired) electrons. The molecule has 14 heavy (non-hydrogen) atoms. The van der Waals surface area contributed by atoms with Gasteiger partial charge in [0.2, 0.25) is 0 Å². The zero-order chi connectivity index (χ0) is 9.97. The standard InChI is InChI=1S/C12H14O2/c1-9-3-2-4-10(7-9)12(13)11-5-6-14-8-11/h2-4,7-8,12-13H,5-6H2,1H3. The monoisotopic (exact) mass is 190 g/mol. The second kappa shape index (κ2) is 3.84. The molecule has 0 spiro atoms. The van der Waals surface area contributed by atoms with Crippen molar-refractivity contribution in [2.45, 2.75) is 19.4 Å². The molecule has 0 aromatic heterocycles. The van der Waals surface area contributed by atoms with Crippen molar-refractivity contribution in [1.29, 1.82) is 0 Å². The lowest BCUT2D eigenvalue weighted by Crippen LogP contribution is -2.00. The fraction of sp³-hybridized carbons (Fsp3) is 0.333. The highest BCUT2D eigenvalue weighted by molar-refractivity contribution is 5.29. The molecule has 0 aliphatic carbocycles. The lowest BCUT2D eigenvalue weighted by molar-refractivity contribution is 0.213. The lowest BCUT2D eigenvalue weighted by atomic mass is 10.00. The zero-order valence-electron chi connectivity index (χ0n) is 8.23. The maximum atomic E-state index is 10.00. The van der Waals surface area contributed by atoms with Gasteiger partial charge < -0.3 is 9.84 Å². The number of aliphatic hydroxyl groups is 1. The van der Waals surface area contributed by atoms with Gasteiger partial charge in [-0.2, -0.15) is 0 Å². The van der Waals surface area contributed by atoms with E-state index in [0.717, 1.165) is 17.6 Å². The Morgan fingerprint density at radius 3 is 2.93 bits per heavy atom. The highest BCUT2D eigenvalue weighted by Gasteiger charge is 2.16. The summed E-state index contributed by atoms with van der Waals surface area (Å²) in [4.78, 5) is 0. The second-order valence-corrected chi connectivity index (χ2v) is 3.63. The van der Waals surface area contributed by atoms with E-state index < -0.39 is 6.10 Å². The van der Waals surface area contributed by atoms with Gasteiger partial charge in [0.1, 0.15) is 6.10 Å². The molecule has 1 heterocycles. The van der Waals surface area contributed by atoms with Crippen LogP contribution in [-0.2, 0) is 4.74 Å². The van der Waals surface area contributed by atoms with Gasteiger partial charge in [0.05, 0.1) is 12.9 Å². The van der Waals surface area contributed by atoms with Gasteiger partial charge >= 0.3 is 0 Å². The molecule has 2 nitrogen and oxygen atoms in total. The van der Waals surface area contributed by atoms with Gasteiger partial charge in [-0.15, -0.1) is 0 Å². The van der Waals surface area contributed by atoms with Gasteiger partial charge in [-0.25, -0.2) is 0 Å². The summed E-state index contributed by atoms with van der Waals surface area (Å²) in [7, 11) is 0. The molecule has 0 saturated carbocycles. The molecule has 1 aliphatic rings. The summed E-state index contributed by atoms with van der Waals surface area (Å²) in [6, 6.07) is 7.93.